The molecule has 0 aromatic heterocycles. The van der Waals surface area contributed by atoms with Crippen LogP contribution in [0, 0.1) is 5.92 Å². The lowest BCUT2D eigenvalue weighted by Crippen LogP contribution is -2.36. The molecule has 0 aromatic rings. The molecular formula is C7H11F2NO2. The van der Waals surface area contributed by atoms with Gasteiger partial charge in [0.1, 0.15) is 0 Å². The van der Waals surface area contributed by atoms with Crippen LogP contribution in [0.4, 0.5) is 8.78 Å². The zero-order valence-corrected chi connectivity index (χ0v) is 6.41. The summed E-state index contributed by atoms with van der Waals surface area (Å²) in [7, 11) is 0. The Bertz CT molecular complexity index is 179. The third kappa shape index (κ3) is 1.12. The number of ether oxygens (including phenoxy) is 1. The van der Waals surface area contributed by atoms with E-state index in [2.05, 4.69) is 5.32 Å². The van der Waals surface area contributed by atoms with Gasteiger partial charge in [0.2, 0.25) is 6.43 Å². The number of alkyl halides is 2. The molecule has 70 valence electrons. The minimum atomic E-state index is -2.36. The molecule has 12 heavy (non-hydrogen) atoms. The van der Waals surface area contributed by atoms with Crippen LogP contribution in [0.15, 0.2) is 0 Å². The second kappa shape index (κ2) is 2.90. The number of rotatable bonds is 1. The number of nitrogens with one attached hydrogen (secondary N) is 1. The van der Waals surface area contributed by atoms with Gasteiger partial charge < -0.3 is 15.2 Å². The zero-order valence-electron chi connectivity index (χ0n) is 6.41. The van der Waals surface area contributed by atoms with E-state index in [9.17, 15) is 13.9 Å². The van der Waals surface area contributed by atoms with Gasteiger partial charge in [-0.15, -0.1) is 0 Å². The summed E-state index contributed by atoms with van der Waals surface area (Å²) in [6.07, 6.45) is -3.49. The minimum absolute atomic E-state index is 0.172. The normalized spacial score (nSPS) is 47.0. The molecule has 3 nitrogen and oxygen atoms in total. The smallest absolute Gasteiger partial charge is 0.245 e. The highest BCUT2D eigenvalue weighted by Gasteiger charge is 2.48. The predicted molar refractivity (Wildman–Crippen MR) is 37.0 cm³/mol. The first-order valence-electron chi connectivity index (χ1n) is 4.01. The summed E-state index contributed by atoms with van der Waals surface area (Å²) < 4.78 is 29.7. The van der Waals surface area contributed by atoms with Crippen molar-refractivity contribution in [1.29, 1.82) is 0 Å². The quantitative estimate of drug-likeness (QED) is 0.575. The number of halogens is 2. The highest BCUT2D eigenvalue weighted by Crippen LogP contribution is 2.30. The molecule has 2 heterocycles. The van der Waals surface area contributed by atoms with Crippen molar-refractivity contribution in [3.05, 3.63) is 0 Å². The maximum Gasteiger partial charge on any atom is 0.245 e. The Kier molecular flexibility index (Phi) is 2.02. The lowest BCUT2D eigenvalue weighted by atomic mass is 10.0. The van der Waals surface area contributed by atoms with Gasteiger partial charge in [-0.2, -0.15) is 0 Å². The van der Waals surface area contributed by atoms with Gasteiger partial charge in [0.05, 0.1) is 30.8 Å². The van der Waals surface area contributed by atoms with E-state index < -0.39 is 24.6 Å². The molecule has 0 unspecified atom stereocenters. The molecule has 0 saturated carbocycles. The molecule has 2 aliphatic heterocycles. The van der Waals surface area contributed by atoms with Crippen LogP contribution in [0.2, 0.25) is 0 Å². The lowest BCUT2D eigenvalue weighted by Gasteiger charge is -2.15. The van der Waals surface area contributed by atoms with Crippen LogP contribution in [-0.2, 0) is 4.74 Å². The van der Waals surface area contributed by atoms with Crippen LogP contribution < -0.4 is 5.32 Å². The van der Waals surface area contributed by atoms with Crippen LogP contribution in [0.25, 0.3) is 0 Å². The summed E-state index contributed by atoms with van der Waals surface area (Å²) in [4.78, 5) is 0. The fraction of sp³-hybridized carbons (Fsp3) is 1.00. The fourth-order valence-electron chi connectivity index (χ4n) is 1.90. The summed E-state index contributed by atoms with van der Waals surface area (Å²) in [5.41, 5.74) is 0. The third-order valence-electron chi connectivity index (χ3n) is 2.56. The molecule has 0 aromatic carbocycles. The van der Waals surface area contributed by atoms with E-state index in [4.69, 9.17) is 4.74 Å². The summed E-state index contributed by atoms with van der Waals surface area (Å²) >= 11 is 0. The molecule has 2 aliphatic rings. The molecule has 2 rings (SSSR count). The Morgan fingerprint density at radius 1 is 1.50 bits per heavy atom. The summed E-state index contributed by atoms with van der Waals surface area (Å²) in [6, 6.07) is -0.288. The van der Waals surface area contributed by atoms with E-state index in [1.165, 1.54) is 0 Å². The van der Waals surface area contributed by atoms with Crippen molar-refractivity contribution in [3.8, 4) is 0 Å². The zero-order chi connectivity index (χ0) is 8.72. The first-order valence-corrected chi connectivity index (χ1v) is 4.01. The number of fused-ring (bicyclic) bond motifs is 1. The highest BCUT2D eigenvalue weighted by molar-refractivity contribution is 5.00. The van der Waals surface area contributed by atoms with Crippen molar-refractivity contribution in [1.82, 2.24) is 5.32 Å². The number of aliphatic hydroxyl groups is 1. The molecule has 0 spiro atoms. The topological polar surface area (TPSA) is 41.5 Å². The van der Waals surface area contributed by atoms with Crippen molar-refractivity contribution in [2.75, 3.05) is 13.2 Å². The Morgan fingerprint density at radius 3 is 2.92 bits per heavy atom. The van der Waals surface area contributed by atoms with Gasteiger partial charge >= 0.3 is 0 Å². The van der Waals surface area contributed by atoms with E-state index in [0.29, 0.717) is 0 Å². The van der Waals surface area contributed by atoms with Gasteiger partial charge in [0.25, 0.3) is 0 Å². The standard InChI is InChI=1S/C7H11F2NO2/c8-7(9)3-1-10-5-4(11)2-12-6(3)5/h3-7,10-11H,1-2H2/t3-,4-,5+,6+/m0/s1. The van der Waals surface area contributed by atoms with Gasteiger partial charge in [-0.25, -0.2) is 8.78 Å². The third-order valence-corrected chi connectivity index (χ3v) is 2.56. The van der Waals surface area contributed by atoms with Gasteiger partial charge in [-0.1, -0.05) is 0 Å². The molecule has 0 aliphatic carbocycles. The molecular weight excluding hydrogens is 168 g/mol. The fourth-order valence-corrected chi connectivity index (χ4v) is 1.90. The van der Waals surface area contributed by atoms with Crippen molar-refractivity contribution in [3.63, 3.8) is 0 Å². The Morgan fingerprint density at radius 2 is 2.25 bits per heavy atom. The molecule has 0 radical (unpaired) electrons. The molecule has 2 fully saturated rings. The van der Waals surface area contributed by atoms with E-state index in [0.717, 1.165) is 0 Å². The molecule has 0 bridgehead atoms. The van der Waals surface area contributed by atoms with Crippen LogP contribution in [-0.4, -0.2) is 42.9 Å². The van der Waals surface area contributed by atoms with Crippen molar-refractivity contribution >= 4 is 0 Å². The van der Waals surface area contributed by atoms with Gasteiger partial charge in [-0.3, -0.25) is 0 Å². The largest absolute Gasteiger partial charge is 0.389 e. The van der Waals surface area contributed by atoms with E-state index >= 15 is 0 Å². The maximum absolute atomic E-state index is 12.3. The molecule has 4 atom stereocenters. The average Bonchev–Trinajstić information content (AvgIpc) is 2.53. The number of hydrogen-bond donors (Lipinski definition) is 2. The SMILES string of the molecule is O[C@H]1CO[C@H]2[C@@H]1NC[C@@H]2C(F)F. The van der Waals surface area contributed by atoms with Crippen molar-refractivity contribution < 1.29 is 18.6 Å². The van der Waals surface area contributed by atoms with E-state index in [1.54, 1.807) is 0 Å². The van der Waals surface area contributed by atoms with Crippen LogP contribution in [0.3, 0.4) is 0 Å². The van der Waals surface area contributed by atoms with Crippen LogP contribution >= 0.6 is 0 Å². The van der Waals surface area contributed by atoms with Crippen LogP contribution in [0.1, 0.15) is 0 Å². The highest BCUT2D eigenvalue weighted by atomic mass is 19.3. The van der Waals surface area contributed by atoms with Crippen LogP contribution in [0.5, 0.6) is 0 Å². The minimum Gasteiger partial charge on any atom is -0.389 e. The Labute approximate surface area is 68.7 Å². The molecule has 5 heteroatoms. The van der Waals surface area contributed by atoms with Crippen molar-refractivity contribution in [2.45, 2.75) is 24.7 Å². The van der Waals surface area contributed by atoms with E-state index in [1.807, 2.05) is 0 Å². The van der Waals surface area contributed by atoms with Crippen molar-refractivity contribution in [2.24, 2.45) is 5.92 Å². The monoisotopic (exact) mass is 179 g/mol. The number of hydrogen-bond acceptors (Lipinski definition) is 3. The summed E-state index contributed by atoms with van der Waals surface area (Å²) in [5, 5.41) is 12.1. The van der Waals surface area contributed by atoms with Gasteiger partial charge in [-0.05, 0) is 0 Å². The number of aliphatic hydroxyl groups excluding tert-OH is 1. The lowest BCUT2D eigenvalue weighted by molar-refractivity contribution is -0.00722. The first kappa shape index (κ1) is 8.34. The summed E-state index contributed by atoms with van der Waals surface area (Å²) in [5.74, 6) is -0.757. The molecule has 2 N–H and O–H groups in total. The molecule has 2 saturated heterocycles. The maximum atomic E-state index is 12.3. The second-order valence-corrected chi connectivity index (χ2v) is 3.30. The Hall–Kier alpha value is -0.260. The first-order chi connectivity index (χ1) is 5.70. The van der Waals surface area contributed by atoms with Gasteiger partial charge in [0.15, 0.2) is 0 Å². The van der Waals surface area contributed by atoms with E-state index in [-0.39, 0.29) is 19.2 Å². The predicted octanol–water partition coefficient (Wildman–Crippen LogP) is -0.401. The second-order valence-electron chi connectivity index (χ2n) is 3.30. The average molecular weight is 179 g/mol. The van der Waals surface area contributed by atoms with Gasteiger partial charge in [0, 0.05) is 6.54 Å². The molecule has 0 amide bonds. The Balaban J connectivity index is 2.05. The summed E-state index contributed by atoms with van der Waals surface area (Å²) in [6.45, 7) is 0.412.